The summed E-state index contributed by atoms with van der Waals surface area (Å²) in [6, 6.07) is 0. The molecular weight excluding hydrogens is 141 g/mol. The second kappa shape index (κ2) is 3.62. The monoisotopic (exact) mass is 149 g/mol. The molecule has 0 atom stereocenters. The fourth-order valence-electron chi connectivity index (χ4n) is 0.277. The van der Waals surface area contributed by atoms with Gasteiger partial charge in [-0.15, -0.1) is 0 Å². The molecule has 0 radical (unpaired) electrons. The first-order valence-electron chi connectivity index (χ1n) is 2.22. The van der Waals surface area contributed by atoms with Crippen molar-refractivity contribution in [2.24, 2.45) is 0 Å². The zero-order chi connectivity index (χ0) is 7.33. The molecule has 0 aromatic rings. The minimum atomic E-state index is -3.04. The third-order valence-corrected chi connectivity index (χ3v) is 2.40. The zero-order valence-corrected chi connectivity index (χ0v) is 6.22. The van der Waals surface area contributed by atoms with E-state index in [0.717, 1.165) is 0 Å². The van der Waals surface area contributed by atoms with Gasteiger partial charge in [0, 0.05) is 14.2 Å². The summed E-state index contributed by atoms with van der Waals surface area (Å²) < 4.78 is 19.8. The van der Waals surface area contributed by atoms with Gasteiger partial charge in [0.1, 0.15) is 0 Å². The van der Waals surface area contributed by atoms with Gasteiger partial charge in [0.05, 0.1) is 0 Å². The van der Waals surface area contributed by atoms with Crippen LogP contribution in [0.5, 0.6) is 0 Å². The number of hydrogen-bond acceptors (Lipinski definition) is 3. The van der Waals surface area contributed by atoms with Crippen LogP contribution in [0.15, 0.2) is 0 Å². The Bertz CT molecular complexity index is 154. The summed E-state index contributed by atoms with van der Waals surface area (Å²) in [7, 11) is -0.517. The fourth-order valence-corrected chi connectivity index (χ4v) is 0.830. The molecule has 0 spiro atoms. The highest BCUT2D eigenvalue weighted by Gasteiger charge is 2.24. The van der Waals surface area contributed by atoms with Crippen molar-refractivity contribution in [1.29, 1.82) is 0 Å². The Balaban J connectivity index is 3.98. The Morgan fingerprint density at radius 3 is 2.11 bits per heavy atom. The average molecular weight is 149 g/mol. The third kappa shape index (κ3) is 2.62. The second-order valence-electron chi connectivity index (χ2n) is 1.28. The smallest absolute Gasteiger partial charge is 0.307 e. The Morgan fingerprint density at radius 1 is 1.56 bits per heavy atom. The molecule has 0 unspecified atom stereocenters. The van der Waals surface area contributed by atoms with Crippen LogP contribution in [0.1, 0.15) is 0 Å². The maximum Gasteiger partial charge on any atom is 0.408 e. The van der Waals surface area contributed by atoms with Crippen molar-refractivity contribution in [3.05, 3.63) is 11.4 Å². The van der Waals surface area contributed by atoms with E-state index in [1.54, 1.807) is 0 Å². The summed E-state index contributed by atoms with van der Waals surface area (Å²) in [5.74, 6) is 0. The molecule has 0 aromatic heterocycles. The van der Waals surface area contributed by atoms with Crippen LogP contribution < -0.4 is 0 Å². The maximum atomic E-state index is 10.9. The van der Waals surface area contributed by atoms with E-state index in [1.807, 2.05) is 0 Å². The lowest BCUT2D eigenvalue weighted by Gasteiger charge is -2.04. The SMILES string of the molecule is [C-]#[N+]CP(=O)(OC)OC. The van der Waals surface area contributed by atoms with Gasteiger partial charge in [0.2, 0.25) is 0 Å². The van der Waals surface area contributed by atoms with Crippen LogP contribution in [-0.2, 0) is 13.6 Å². The molecule has 0 saturated carbocycles. The highest BCUT2D eigenvalue weighted by Crippen LogP contribution is 2.45. The van der Waals surface area contributed by atoms with Gasteiger partial charge >= 0.3 is 13.9 Å². The largest absolute Gasteiger partial charge is 0.408 e. The van der Waals surface area contributed by atoms with E-state index in [2.05, 4.69) is 13.9 Å². The van der Waals surface area contributed by atoms with Gasteiger partial charge < -0.3 is 13.9 Å². The van der Waals surface area contributed by atoms with Crippen LogP contribution in [0.25, 0.3) is 4.85 Å². The Labute approximate surface area is 54.1 Å². The molecule has 4 nitrogen and oxygen atoms in total. The van der Waals surface area contributed by atoms with Crippen LogP contribution in [0.3, 0.4) is 0 Å². The predicted molar refractivity (Wildman–Crippen MR) is 33.1 cm³/mol. The molecule has 0 aliphatic carbocycles. The van der Waals surface area contributed by atoms with Gasteiger partial charge in [0.25, 0.3) is 0 Å². The first kappa shape index (κ1) is 8.64. The lowest BCUT2D eigenvalue weighted by atomic mass is 11.4. The van der Waals surface area contributed by atoms with E-state index in [0.29, 0.717) is 0 Å². The quantitative estimate of drug-likeness (QED) is 0.449. The molecule has 0 rings (SSSR count). The van der Waals surface area contributed by atoms with Crippen molar-refractivity contribution >= 4 is 7.60 Å². The number of nitrogens with zero attached hydrogens (tertiary/aromatic N) is 1. The highest BCUT2D eigenvalue weighted by molar-refractivity contribution is 7.53. The fraction of sp³-hybridized carbons (Fsp3) is 0.750. The first-order chi connectivity index (χ1) is 4.18. The minimum Gasteiger partial charge on any atom is -0.307 e. The Kier molecular flexibility index (Phi) is 3.48. The number of hydrogen-bond donors (Lipinski definition) is 0. The first-order valence-corrected chi connectivity index (χ1v) is 3.95. The van der Waals surface area contributed by atoms with E-state index >= 15 is 0 Å². The van der Waals surface area contributed by atoms with E-state index in [1.165, 1.54) is 14.2 Å². The number of rotatable bonds is 3. The van der Waals surface area contributed by atoms with E-state index < -0.39 is 7.60 Å². The normalized spacial score (nSPS) is 10.8. The topological polar surface area (TPSA) is 39.9 Å². The molecule has 0 saturated heterocycles. The molecule has 0 fully saturated rings. The molecule has 5 heteroatoms. The van der Waals surface area contributed by atoms with Crippen LogP contribution in [0.4, 0.5) is 0 Å². The summed E-state index contributed by atoms with van der Waals surface area (Å²) in [5.41, 5.74) is 0. The summed E-state index contributed by atoms with van der Waals surface area (Å²) in [4.78, 5) is 2.89. The lowest BCUT2D eigenvalue weighted by molar-refractivity contribution is 0.278. The van der Waals surface area contributed by atoms with Crippen LogP contribution in [0.2, 0.25) is 0 Å². The minimum absolute atomic E-state index is 0.208. The zero-order valence-electron chi connectivity index (χ0n) is 5.33. The molecule has 0 heterocycles. The van der Waals surface area contributed by atoms with Gasteiger partial charge in [-0.2, -0.15) is 0 Å². The van der Waals surface area contributed by atoms with Crippen LogP contribution in [0, 0.1) is 6.57 Å². The van der Waals surface area contributed by atoms with Gasteiger partial charge in [0.15, 0.2) is 0 Å². The molecule has 0 bridgehead atoms. The van der Waals surface area contributed by atoms with Crippen molar-refractivity contribution in [1.82, 2.24) is 0 Å². The van der Waals surface area contributed by atoms with Gasteiger partial charge in [-0.05, 0) is 0 Å². The third-order valence-electron chi connectivity index (χ3n) is 0.800. The van der Waals surface area contributed by atoms with Crippen molar-refractivity contribution in [3.63, 3.8) is 0 Å². The van der Waals surface area contributed by atoms with Crippen molar-refractivity contribution in [2.45, 2.75) is 0 Å². The summed E-state index contributed by atoms with van der Waals surface area (Å²) >= 11 is 0. The Hall–Kier alpha value is -0.360. The maximum absolute atomic E-state index is 10.9. The average Bonchev–Trinajstić information content (AvgIpc) is 1.89. The van der Waals surface area contributed by atoms with Crippen molar-refractivity contribution in [3.8, 4) is 0 Å². The summed E-state index contributed by atoms with van der Waals surface area (Å²) in [6.07, 6.45) is -0.208. The second-order valence-corrected chi connectivity index (χ2v) is 3.51. The molecule has 0 amide bonds. The van der Waals surface area contributed by atoms with E-state index in [4.69, 9.17) is 6.57 Å². The van der Waals surface area contributed by atoms with Crippen LogP contribution in [-0.4, -0.2) is 20.5 Å². The molecule has 52 valence electrons. The molecule has 0 aromatic carbocycles. The standard InChI is InChI=1S/C4H8NO3P/c1-5-4-9(6,7-2)8-3/h4H2,2-3H3. The van der Waals surface area contributed by atoms with Gasteiger partial charge in [-0.1, -0.05) is 0 Å². The van der Waals surface area contributed by atoms with E-state index in [9.17, 15) is 4.57 Å². The lowest BCUT2D eigenvalue weighted by Crippen LogP contribution is -1.89. The summed E-state index contributed by atoms with van der Waals surface area (Å²) in [5, 5.41) is 0. The predicted octanol–water partition coefficient (Wildman–Crippen LogP) is 1.35. The van der Waals surface area contributed by atoms with Gasteiger partial charge in [-0.25, -0.2) is 6.57 Å². The molecule has 0 aliphatic heterocycles. The molecular formula is C4H8NO3P. The summed E-state index contributed by atoms with van der Waals surface area (Å²) in [6.45, 7) is 6.36. The van der Waals surface area contributed by atoms with Crippen molar-refractivity contribution < 1.29 is 13.6 Å². The Morgan fingerprint density at radius 2 is 2.00 bits per heavy atom. The molecule has 0 N–H and O–H groups in total. The van der Waals surface area contributed by atoms with E-state index in [-0.39, 0.29) is 6.29 Å². The van der Waals surface area contributed by atoms with Crippen LogP contribution >= 0.6 is 7.60 Å². The van der Waals surface area contributed by atoms with Gasteiger partial charge in [-0.3, -0.25) is 4.57 Å². The molecule has 9 heavy (non-hydrogen) atoms. The van der Waals surface area contributed by atoms with Crippen molar-refractivity contribution in [2.75, 3.05) is 20.5 Å². The highest BCUT2D eigenvalue weighted by atomic mass is 31.2. The molecule has 0 aliphatic rings.